The molecule has 34 heavy (non-hydrogen) atoms. The largest absolute Gasteiger partial charge is 0.481 e. The normalized spacial score (nSPS) is 14.8. The summed E-state index contributed by atoms with van der Waals surface area (Å²) in [4.78, 5) is 34.8. The first-order valence-electron chi connectivity index (χ1n) is 11.2. The van der Waals surface area contributed by atoms with Gasteiger partial charge in [0.15, 0.2) is 11.0 Å². The van der Waals surface area contributed by atoms with E-state index in [1.54, 1.807) is 24.9 Å². The Morgan fingerprint density at radius 2 is 2.15 bits per heavy atom. The van der Waals surface area contributed by atoms with Gasteiger partial charge in [0.1, 0.15) is 0 Å². The quantitative estimate of drug-likeness (QED) is 0.366. The van der Waals surface area contributed by atoms with Crippen molar-refractivity contribution in [1.82, 2.24) is 15.1 Å². The van der Waals surface area contributed by atoms with Gasteiger partial charge >= 0.3 is 12.0 Å². The fourth-order valence-electron chi connectivity index (χ4n) is 3.80. The number of aryl methyl sites for hydroxylation is 1. The molecule has 0 spiro atoms. The molecule has 2 N–H and O–H groups in total. The Morgan fingerprint density at radius 3 is 2.85 bits per heavy atom. The van der Waals surface area contributed by atoms with E-state index in [0.29, 0.717) is 35.1 Å². The SMILES string of the molecule is Cc1noc(-c2cccc(N(CC3CCCC3)C(=O)Nc3ncc(SCC(C)C(=O)O)s3)c2)n1. The Balaban J connectivity index is 1.50. The molecule has 2 amide bonds. The first kappa shape index (κ1) is 24.2. The van der Waals surface area contributed by atoms with Crippen molar-refractivity contribution in [3.63, 3.8) is 0 Å². The summed E-state index contributed by atoms with van der Waals surface area (Å²) in [6.45, 7) is 4.05. The first-order valence-corrected chi connectivity index (χ1v) is 13.0. The van der Waals surface area contributed by atoms with Crippen LogP contribution in [0.15, 0.2) is 39.2 Å². The van der Waals surface area contributed by atoms with Crippen LogP contribution in [0.4, 0.5) is 15.6 Å². The van der Waals surface area contributed by atoms with Gasteiger partial charge in [0, 0.05) is 23.5 Å². The zero-order chi connectivity index (χ0) is 24.1. The van der Waals surface area contributed by atoms with Crippen molar-refractivity contribution in [1.29, 1.82) is 0 Å². The van der Waals surface area contributed by atoms with Gasteiger partial charge < -0.3 is 9.63 Å². The van der Waals surface area contributed by atoms with Crippen LogP contribution in [-0.4, -0.2) is 44.5 Å². The molecule has 0 radical (unpaired) electrons. The van der Waals surface area contributed by atoms with E-state index in [2.05, 4.69) is 20.4 Å². The van der Waals surface area contributed by atoms with Crippen molar-refractivity contribution in [3.05, 3.63) is 36.3 Å². The lowest BCUT2D eigenvalue weighted by Crippen LogP contribution is -2.38. The maximum absolute atomic E-state index is 13.4. The second-order valence-corrected chi connectivity index (χ2v) is 10.8. The van der Waals surface area contributed by atoms with Crippen LogP contribution in [0.1, 0.15) is 38.4 Å². The molecular formula is C23H27N5O4S2. The number of thioether (sulfide) groups is 1. The highest BCUT2D eigenvalue weighted by Gasteiger charge is 2.25. The van der Waals surface area contributed by atoms with E-state index in [4.69, 9.17) is 9.63 Å². The summed E-state index contributed by atoms with van der Waals surface area (Å²) in [5.41, 5.74) is 1.50. The predicted octanol–water partition coefficient (Wildman–Crippen LogP) is 5.54. The summed E-state index contributed by atoms with van der Waals surface area (Å²) in [6.07, 6.45) is 6.24. The molecular weight excluding hydrogens is 474 g/mol. The summed E-state index contributed by atoms with van der Waals surface area (Å²) in [7, 11) is 0. The number of aromatic nitrogens is 3. The summed E-state index contributed by atoms with van der Waals surface area (Å²) < 4.78 is 6.16. The molecule has 1 aliphatic carbocycles. The van der Waals surface area contributed by atoms with Crippen LogP contribution in [-0.2, 0) is 4.79 Å². The van der Waals surface area contributed by atoms with Crippen molar-refractivity contribution < 1.29 is 19.2 Å². The molecule has 1 aromatic carbocycles. The smallest absolute Gasteiger partial charge is 0.328 e. The molecule has 9 nitrogen and oxygen atoms in total. The summed E-state index contributed by atoms with van der Waals surface area (Å²) in [5, 5.41) is 16.3. The Hall–Kier alpha value is -2.92. The zero-order valence-electron chi connectivity index (χ0n) is 19.1. The highest BCUT2D eigenvalue weighted by Crippen LogP contribution is 2.32. The van der Waals surface area contributed by atoms with E-state index in [1.165, 1.54) is 35.9 Å². The minimum Gasteiger partial charge on any atom is -0.481 e. The molecule has 1 fully saturated rings. The number of hydrogen-bond donors (Lipinski definition) is 2. The number of aliphatic carboxylic acids is 1. The molecule has 180 valence electrons. The average molecular weight is 502 g/mol. The molecule has 0 aliphatic heterocycles. The van der Waals surface area contributed by atoms with Gasteiger partial charge in [0.25, 0.3) is 5.89 Å². The van der Waals surface area contributed by atoms with Crippen LogP contribution in [0.5, 0.6) is 0 Å². The van der Waals surface area contributed by atoms with Crippen LogP contribution < -0.4 is 10.2 Å². The van der Waals surface area contributed by atoms with E-state index in [1.807, 2.05) is 24.3 Å². The van der Waals surface area contributed by atoms with Gasteiger partial charge in [-0.3, -0.25) is 15.0 Å². The maximum atomic E-state index is 13.4. The van der Waals surface area contributed by atoms with E-state index >= 15 is 0 Å². The third-order valence-corrected chi connectivity index (χ3v) is 8.06. The molecule has 4 rings (SSSR count). The van der Waals surface area contributed by atoms with Crippen molar-refractivity contribution in [2.75, 3.05) is 22.5 Å². The van der Waals surface area contributed by atoms with Gasteiger partial charge in [0.05, 0.1) is 16.3 Å². The standard InChI is InChI=1S/C23H27N5O4S2/c1-14(21(29)30)13-33-19-11-24-22(34-19)26-23(31)28(12-16-6-3-4-7-16)18-9-5-8-17(10-18)20-25-15(2)27-32-20/h5,8-11,14,16H,3-4,6-7,12-13H2,1-2H3,(H,29,30)(H,24,26,31). The first-order chi connectivity index (χ1) is 16.4. The fraction of sp³-hybridized carbons (Fsp3) is 0.435. The Morgan fingerprint density at radius 1 is 1.35 bits per heavy atom. The van der Waals surface area contributed by atoms with E-state index in [9.17, 15) is 9.59 Å². The number of amides is 2. The molecule has 1 atom stereocenters. The molecule has 0 saturated heterocycles. The molecule has 1 saturated carbocycles. The van der Waals surface area contributed by atoms with E-state index in [0.717, 1.165) is 28.3 Å². The third-order valence-electron chi connectivity index (χ3n) is 5.69. The fourth-order valence-corrected chi connectivity index (χ4v) is 5.70. The Bertz CT molecular complexity index is 1140. The lowest BCUT2D eigenvalue weighted by atomic mass is 10.1. The lowest BCUT2D eigenvalue weighted by molar-refractivity contribution is -0.140. The number of carbonyl (C=O) groups excluding carboxylic acids is 1. The van der Waals surface area contributed by atoms with Crippen LogP contribution in [0, 0.1) is 18.8 Å². The Kier molecular flexibility index (Phi) is 7.84. The van der Waals surface area contributed by atoms with Gasteiger partial charge in [-0.05, 0) is 43.9 Å². The van der Waals surface area contributed by atoms with E-state index in [-0.39, 0.29) is 6.03 Å². The number of rotatable bonds is 9. The number of carboxylic acid groups (broad SMARTS) is 1. The highest BCUT2D eigenvalue weighted by atomic mass is 32.2. The number of anilines is 2. The van der Waals surface area contributed by atoms with Gasteiger partial charge in [-0.2, -0.15) is 4.98 Å². The van der Waals surface area contributed by atoms with Gasteiger partial charge in [0.2, 0.25) is 0 Å². The number of benzene rings is 1. The van der Waals surface area contributed by atoms with Gasteiger partial charge in [-0.1, -0.05) is 42.3 Å². The van der Waals surface area contributed by atoms with Crippen molar-refractivity contribution in [3.8, 4) is 11.5 Å². The summed E-state index contributed by atoms with van der Waals surface area (Å²) >= 11 is 2.76. The predicted molar refractivity (Wildman–Crippen MR) is 132 cm³/mol. The van der Waals surface area contributed by atoms with E-state index < -0.39 is 11.9 Å². The zero-order valence-corrected chi connectivity index (χ0v) is 20.7. The topological polar surface area (TPSA) is 121 Å². The number of carboxylic acids is 1. The molecule has 1 unspecified atom stereocenters. The van der Waals surface area contributed by atoms with Crippen LogP contribution >= 0.6 is 23.1 Å². The minimum absolute atomic E-state index is 0.254. The highest BCUT2D eigenvalue weighted by molar-refractivity contribution is 8.01. The Labute approximate surface area is 206 Å². The third kappa shape index (κ3) is 6.15. The van der Waals surface area contributed by atoms with Crippen LogP contribution in [0.3, 0.4) is 0 Å². The average Bonchev–Trinajstić information content (AvgIpc) is 3.58. The second-order valence-electron chi connectivity index (χ2n) is 8.42. The molecule has 2 heterocycles. The molecule has 0 bridgehead atoms. The number of carbonyl (C=O) groups is 2. The lowest BCUT2D eigenvalue weighted by Gasteiger charge is -2.26. The number of nitrogens with zero attached hydrogens (tertiary/aromatic N) is 4. The van der Waals surface area contributed by atoms with Crippen LogP contribution in [0.25, 0.3) is 11.5 Å². The number of urea groups is 1. The monoisotopic (exact) mass is 501 g/mol. The van der Waals surface area contributed by atoms with Crippen LogP contribution in [0.2, 0.25) is 0 Å². The molecule has 3 aromatic rings. The molecule has 11 heteroatoms. The number of hydrogen-bond acceptors (Lipinski definition) is 8. The van der Waals surface area contributed by atoms with Crippen molar-refractivity contribution >= 4 is 45.9 Å². The van der Waals surface area contributed by atoms with Crippen molar-refractivity contribution in [2.24, 2.45) is 11.8 Å². The summed E-state index contributed by atoms with van der Waals surface area (Å²) in [5.74, 6) is 0.572. The number of nitrogens with one attached hydrogen (secondary N) is 1. The molecule has 1 aliphatic rings. The van der Waals surface area contributed by atoms with Gasteiger partial charge in [-0.25, -0.2) is 9.78 Å². The van der Waals surface area contributed by atoms with Gasteiger partial charge in [-0.15, -0.1) is 11.8 Å². The minimum atomic E-state index is -0.828. The van der Waals surface area contributed by atoms with Crippen molar-refractivity contribution in [2.45, 2.75) is 43.7 Å². The molecule has 2 aromatic heterocycles. The number of thiazole rings is 1. The second kappa shape index (κ2) is 11.0. The maximum Gasteiger partial charge on any atom is 0.328 e. The summed E-state index contributed by atoms with van der Waals surface area (Å²) in [6, 6.07) is 7.29.